The van der Waals surface area contributed by atoms with Crippen molar-refractivity contribution in [2.24, 2.45) is 0 Å². The largest absolute Gasteiger partial charge is 0.326 e. The van der Waals surface area contributed by atoms with Crippen molar-refractivity contribution in [3.63, 3.8) is 0 Å². The van der Waals surface area contributed by atoms with Crippen LogP contribution in [0.15, 0.2) is 59.6 Å². The maximum Gasteiger partial charge on any atom is 0.241 e. The van der Waals surface area contributed by atoms with Crippen molar-refractivity contribution < 1.29 is 18.0 Å². The van der Waals surface area contributed by atoms with E-state index in [9.17, 15) is 18.0 Å². The molecule has 0 aromatic heterocycles. The lowest BCUT2D eigenvalue weighted by molar-refractivity contribution is -0.129. The van der Waals surface area contributed by atoms with Crippen LogP contribution >= 0.6 is 0 Å². The smallest absolute Gasteiger partial charge is 0.241 e. The molecule has 2 aromatic rings. The highest BCUT2D eigenvalue weighted by Gasteiger charge is 2.28. The van der Waals surface area contributed by atoms with Crippen LogP contribution in [0.4, 0.5) is 5.69 Å². The van der Waals surface area contributed by atoms with Gasteiger partial charge in [-0.1, -0.05) is 30.3 Å². The fourth-order valence-corrected chi connectivity index (χ4v) is 4.97. The van der Waals surface area contributed by atoms with Gasteiger partial charge in [0.25, 0.3) is 0 Å². The minimum atomic E-state index is -3.73. The predicted molar refractivity (Wildman–Crippen MR) is 121 cm³/mol. The van der Waals surface area contributed by atoms with E-state index < -0.39 is 21.6 Å². The van der Waals surface area contributed by atoms with Crippen LogP contribution < -0.4 is 10.0 Å². The minimum Gasteiger partial charge on any atom is -0.326 e. The number of fused-ring (bicyclic) bond motifs is 1. The number of sulfonamides is 1. The molecule has 0 fully saturated rings. The first-order valence-electron chi connectivity index (χ1n) is 9.96. The average molecular weight is 442 g/mol. The van der Waals surface area contributed by atoms with Gasteiger partial charge in [-0.25, -0.2) is 13.1 Å². The molecule has 0 aliphatic carbocycles. The van der Waals surface area contributed by atoms with E-state index in [-0.39, 0.29) is 23.1 Å². The summed E-state index contributed by atoms with van der Waals surface area (Å²) >= 11 is 0. The molecule has 1 unspecified atom stereocenters. The summed E-state index contributed by atoms with van der Waals surface area (Å²) in [6, 6.07) is 13.3. The van der Waals surface area contributed by atoms with Crippen LogP contribution in [0.3, 0.4) is 0 Å². The van der Waals surface area contributed by atoms with Crippen molar-refractivity contribution in [1.29, 1.82) is 0 Å². The monoisotopic (exact) mass is 441 g/mol. The van der Waals surface area contributed by atoms with Gasteiger partial charge in [0.05, 0.1) is 17.4 Å². The second-order valence-electron chi connectivity index (χ2n) is 8.52. The molecule has 164 valence electrons. The van der Waals surface area contributed by atoms with Gasteiger partial charge >= 0.3 is 0 Å². The van der Waals surface area contributed by atoms with Gasteiger partial charge in [-0.05, 0) is 56.2 Å². The molecule has 0 saturated carbocycles. The first kappa shape index (κ1) is 22.7. The van der Waals surface area contributed by atoms with E-state index in [1.165, 1.54) is 24.0 Å². The Balaban J connectivity index is 1.79. The summed E-state index contributed by atoms with van der Waals surface area (Å²) in [5, 5.41) is 2.76. The van der Waals surface area contributed by atoms with Gasteiger partial charge in [-0.15, -0.1) is 0 Å². The predicted octanol–water partition coefficient (Wildman–Crippen LogP) is 3.67. The summed E-state index contributed by atoms with van der Waals surface area (Å²) < 4.78 is 27.8. The number of rotatable bonds is 5. The lowest BCUT2D eigenvalue weighted by Gasteiger charge is -2.32. The first-order valence-corrected chi connectivity index (χ1v) is 11.4. The number of nitrogens with one attached hydrogen (secondary N) is 2. The Hall–Kier alpha value is -2.97. The molecule has 0 spiro atoms. The van der Waals surface area contributed by atoms with Crippen LogP contribution in [-0.4, -0.2) is 30.7 Å². The Kier molecular flexibility index (Phi) is 6.33. The van der Waals surface area contributed by atoms with Crippen molar-refractivity contribution in [2.45, 2.75) is 50.6 Å². The van der Waals surface area contributed by atoms with Crippen LogP contribution in [0.2, 0.25) is 0 Å². The minimum absolute atomic E-state index is 0.0398. The summed E-state index contributed by atoms with van der Waals surface area (Å²) in [5.41, 5.74) is 1.59. The Bertz CT molecular complexity index is 1130. The SMILES string of the molecule is CC(=O)N1C=Cc2ccccc2C1CC(=O)Nc1cccc(S(=O)(=O)NC(C)(C)C)c1. The molecule has 1 aliphatic rings. The average Bonchev–Trinajstić information content (AvgIpc) is 2.66. The number of nitrogens with zero attached hydrogens (tertiary/aromatic N) is 1. The second kappa shape index (κ2) is 8.64. The van der Waals surface area contributed by atoms with E-state index in [1.807, 2.05) is 30.3 Å². The second-order valence-corrected chi connectivity index (χ2v) is 10.2. The van der Waals surface area contributed by atoms with Crippen LogP contribution in [-0.2, 0) is 19.6 Å². The number of carbonyl (C=O) groups excluding carboxylic acids is 2. The zero-order chi connectivity index (χ0) is 22.8. The number of amides is 2. The fraction of sp³-hybridized carbons (Fsp3) is 0.304. The highest BCUT2D eigenvalue weighted by Crippen LogP contribution is 2.33. The van der Waals surface area contributed by atoms with Gasteiger partial charge in [0.2, 0.25) is 21.8 Å². The fourth-order valence-electron chi connectivity index (χ4n) is 3.50. The molecule has 7 nitrogen and oxygen atoms in total. The van der Waals surface area contributed by atoms with Gasteiger partial charge in [0.15, 0.2) is 0 Å². The number of anilines is 1. The van der Waals surface area contributed by atoms with Crippen molar-refractivity contribution in [3.05, 3.63) is 65.9 Å². The van der Waals surface area contributed by atoms with E-state index in [0.29, 0.717) is 5.69 Å². The molecule has 8 heteroatoms. The van der Waals surface area contributed by atoms with Crippen molar-refractivity contribution in [3.8, 4) is 0 Å². The first-order chi connectivity index (χ1) is 14.5. The van der Waals surface area contributed by atoms with Gasteiger partial charge in [-0.2, -0.15) is 0 Å². The standard InChI is InChI=1S/C23H27N3O4S/c1-16(27)26-13-12-17-8-5-6-11-20(17)21(26)15-22(28)24-18-9-7-10-19(14-18)31(29,30)25-23(2,3)4/h5-14,21,25H,15H2,1-4H3,(H,24,28). The van der Waals surface area contributed by atoms with E-state index >= 15 is 0 Å². The van der Waals surface area contributed by atoms with Crippen LogP contribution in [0.5, 0.6) is 0 Å². The number of benzene rings is 2. The Labute approximate surface area is 183 Å². The van der Waals surface area contributed by atoms with Gasteiger partial charge in [0.1, 0.15) is 0 Å². The van der Waals surface area contributed by atoms with E-state index in [1.54, 1.807) is 39.1 Å². The highest BCUT2D eigenvalue weighted by atomic mass is 32.2. The quantitative estimate of drug-likeness (QED) is 0.740. The Morgan fingerprint density at radius 2 is 1.77 bits per heavy atom. The lowest BCUT2D eigenvalue weighted by atomic mass is 9.93. The molecule has 2 aromatic carbocycles. The normalized spacial score (nSPS) is 16.0. The maximum atomic E-state index is 12.8. The van der Waals surface area contributed by atoms with Crippen LogP contribution in [0.1, 0.15) is 51.3 Å². The number of hydrogen-bond donors (Lipinski definition) is 2. The van der Waals surface area contributed by atoms with Crippen molar-refractivity contribution in [1.82, 2.24) is 9.62 Å². The summed E-state index contributed by atoms with van der Waals surface area (Å²) in [6.45, 7) is 6.73. The van der Waals surface area contributed by atoms with E-state index in [0.717, 1.165) is 11.1 Å². The molecule has 3 rings (SSSR count). The molecular formula is C23H27N3O4S. The lowest BCUT2D eigenvalue weighted by Crippen LogP contribution is -2.40. The number of carbonyl (C=O) groups is 2. The van der Waals surface area contributed by atoms with E-state index in [2.05, 4.69) is 10.0 Å². The third-order valence-electron chi connectivity index (χ3n) is 4.72. The van der Waals surface area contributed by atoms with Gasteiger partial charge in [-0.3, -0.25) is 9.59 Å². The molecular weight excluding hydrogens is 414 g/mol. The molecule has 1 aliphatic heterocycles. The van der Waals surface area contributed by atoms with Crippen LogP contribution in [0, 0.1) is 0 Å². The Morgan fingerprint density at radius 3 is 2.45 bits per heavy atom. The van der Waals surface area contributed by atoms with Crippen LogP contribution in [0.25, 0.3) is 6.08 Å². The van der Waals surface area contributed by atoms with E-state index in [4.69, 9.17) is 0 Å². The molecule has 2 N–H and O–H groups in total. The molecule has 31 heavy (non-hydrogen) atoms. The van der Waals surface area contributed by atoms with Gasteiger partial charge < -0.3 is 10.2 Å². The third-order valence-corrected chi connectivity index (χ3v) is 6.47. The number of hydrogen-bond acceptors (Lipinski definition) is 4. The van der Waals surface area contributed by atoms with Crippen molar-refractivity contribution in [2.75, 3.05) is 5.32 Å². The third kappa shape index (κ3) is 5.59. The highest BCUT2D eigenvalue weighted by molar-refractivity contribution is 7.89. The summed E-state index contributed by atoms with van der Waals surface area (Å²) in [4.78, 5) is 26.5. The maximum absolute atomic E-state index is 12.8. The molecule has 1 atom stereocenters. The zero-order valence-corrected chi connectivity index (χ0v) is 18.9. The Morgan fingerprint density at radius 1 is 1.06 bits per heavy atom. The molecule has 0 saturated heterocycles. The summed E-state index contributed by atoms with van der Waals surface area (Å²) in [7, 11) is -3.73. The summed E-state index contributed by atoms with van der Waals surface area (Å²) in [5.74, 6) is -0.482. The molecule has 0 bridgehead atoms. The molecule has 0 radical (unpaired) electrons. The summed E-state index contributed by atoms with van der Waals surface area (Å²) in [6.07, 6.45) is 3.58. The van der Waals surface area contributed by atoms with Crippen molar-refractivity contribution >= 4 is 33.6 Å². The molecule has 2 amide bonds. The zero-order valence-electron chi connectivity index (χ0n) is 18.0. The molecule has 1 heterocycles. The van der Waals surface area contributed by atoms with Gasteiger partial charge in [0, 0.05) is 24.4 Å². The topological polar surface area (TPSA) is 95.6 Å².